The molecule has 0 fully saturated rings. The van der Waals surface area contributed by atoms with Crippen LogP contribution in [0.4, 0.5) is 0 Å². The van der Waals surface area contributed by atoms with Crippen LogP contribution in [0.5, 0.6) is 0 Å². The zero-order chi connectivity index (χ0) is 14.3. The van der Waals surface area contributed by atoms with Crippen molar-refractivity contribution in [2.24, 2.45) is 0 Å². The zero-order valence-electron chi connectivity index (χ0n) is 10.9. The zero-order valence-corrected chi connectivity index (χ0v) is 10.9. The van der Waals surface area contributed by atoms with Gasteiger partial charge in [0.1, 0.15) is 0 Å². The number of hydrogen-bond acceptors (Lipinski definition) is 2. The molecular formula is C15H16N2O2. The molecule has 0 heterocycles. The highest BCUT2D eigenvalue weighted by Gasteiger charge is 2.13. The molecule has 0 aliphatic carbocycles. The first-order valence-electron chi connectivity index (χ1n) is 6.00. The van der Waals surface area contributed by atoms with Crippen LogP contribution in [0, 0.1) is 0 Å². The maximum atomic E-state index is 12.1. The third-order valence-corrected chi connectivity index (χ3v) is 2.61. The summed E-state index contributed by atoms with van der Waals surface area (Å²) in [6, 6.07) is 7.31. The third kappa shape index (κ3) is 4.82. The molecule has 0 unspecified atom stereocenters. The average Bonchev–Trinajstić information content (AvgIpc) is 2.36. The van der Waals surface area contributed by atoms with Crippen molar-refractivity contribution in [1.29, 1.82) is 0 Å². The largest absolute Gasteiger partial charge is 0.361 e. The number of rotatable bonds is 7. The van der Waals surface area contributed by atoms with Crippen molar-refractivity contribution in [3.05, 3.63) is 53.1 Å². The number of hydrogen-bond donors (Lipinski definition) is 0. The summed E-state index contributed by atoms with van der Waals surface area (Å²) in [5.41, 5.74) is 10.7. The molecule has 98 valence electrons. The summed E-state index contributed by atoms with van der Waals surface area (Å²) < 4.78 is 0. The maximum absolute atomic E-state index is 12.1. The number of Topliss-reactive ketones (excluding diaryl/α,β-unsaturated/α-hetero) is 2. The Kier molecular flexibility index (Phi) is 5.58. The van der Waals surface area contributed by atoms with Crippen molar-refractivity contribution in [3.63, 3.8) is 0 Å². The quantitative estimate of drug-likeness (QED) is 0.247. The van der Waals surface area contributed by atoms with Gasteiger partial charge in [0.15, 0.2) is 5.78 Å². The van der Waals surface area contributed by atoms with Crippen molar-refractivity contribution in [2.45, 2.75) is 26.2 Å². The van der Waals surface area contributed by atoms with Gasteiger partial charge in [-0.15, -0.1) is 0 Å². The summed E-state index contributed by atoms with van der Waals surface area (Å²) >= 11 is 0. The second-order valence-electron chi connectivity index (χ2n) is 4.43. The molecule has 0 aliphatic rings. The van der Waals surface area contributed by atoms with Crippen LogP contribution in [0.25, 0.3) is 5.53 Å². The Morgan fingerprint density at radius 3 is 2.63 bits per heavy atom. The van der Waals surface area contributed by atoms with Gasteiger partial charge in [-0.1, -0.05) is 36.4 Å². The summed E-state index contributed by atoms with van der Waals surface area (Å²) in [7, 11) is 0. The van der Waals surface area contributed by atoms with Gasteiger partial charge in [-0.05, 0) is 18.9 Å². The highest BCUT2D eigenvalue weighted by Crippen LogP contribution is 2.15. The Morgan fingerprint density at radius 1 is 1.32 bits per heavy atom. The monoisotopic (exact) mass is 256 g/mol. The summed E-state index contributed by atoms with van der Waals surface area (Å²) in [6.07, 6.45) is 1.61. The molecule has 0 atom stereocenters. The number of allylic oxidation sites excluding steroid dienone is 1. The fraction of sp³-hybridized carbons (Fsp3) is 0.267. The Balaban J connectivity index is 2.79. The van der Waals surface area contributed by atoms with E-state index >= 15 is 0 Å². The molecule has 0 radical (unpaired) electrons. The van der Waals surface area contributed by atoms with E-state index < -0.39 is 0 Å². The smallest absolute Gasteiger partial charge is 0.323 e. The fourth-order valence-corrected chi connectivity index (χ4v) is 1.77. The molecule has 0 amide bonds. The minimum Gasteiger partial charge on any atom is -0.361 e. The van der Waals surface area contributed by atoms with Crippen LogP contribution in [-0.4, -0.2) is 22.6 Å². The van der Waals surface area contributed by atoms with Crippen LogP contribution < -0.4 is 0 Å². The topological polar surface area (TPSA) is 70.5 Å². The summed E-state index contributed by atoms with van der Waals surface area (Å²) in [4.78, 5) is 25.9. The minimum atomic E-state index is -0.367. The maximum Gasteiger partial charge on any atom is 0.323 e. The van der Waals surface area contributed by atoms with Gasteiger partial charge < -0.3 is 5.53 Å². The summed E-state index contributed by atoms with van der Waals surface area (Å²) in [5.74, 6) is -0.454. The van der Waals surface area contributed by atoms with E-state index in [1.54, 1.807) is 12.1 Å². The predicted molar refractivity (Wildman–Crippen MR) is 73.2 cm³/mol. The van der Waals surface area contributed by atoms with Crippen molar-refractivity contribution in [1.82, 2.24) is 0 Å². The normalized spacial score (nSPS) is 9.53. The van der Waals surface area contributed by atoms with E-state index in [9.17, 15) is 9.59 Å². The van der Waals surface area contributed by atoms with E-state index in [4.69, 9.17) is 5.53 Å². The molecule has 0 aliphatic heterocycles. The van der Waals surface area contributed by atoms with Gasteiger partial charge in [0.25, 0.3) is 0 Å². The first-order valence-corrected chi connectivity index (χ1v) is 6.00. The van der Waals surface area contributed by atoms with Crippen LogP contribution in [0.1, 0.15) is 35.7 Å². The average molecular weight is 256 g/mol. The Bertz CT molecular complexity index is 555. The standard InChI is InChI=1S/C15H16N2O2/c1-11(2)9-12-5-3-4-6-14(12)15(19)8-7-13(18)10-17-16/h3-6,10H,1,7-9H2,2H3. The molecule has 0 saturated heterocycles. The van der Waals surface area contributed by atoms with Crippen molar-refractivity contribution < 1.29 is 14.4 Å². The van der Waals surface area contributed by atoms with Gasteiger partial charge in [0.05, 0.1) is 0 Å². The summed E-state index contributed by atoms with van der Waals surface area (Å²) in [6.45, 7) is 5.74. The Hall–Kier alpha value is -2.32. The molecule has 0 saturated carbocycles. The molecule has 4 nitrogen and oxygen atoms in total. The van der Waals surface area contributed by atoms with Crippen LogP contribution in [0.3, 0.4) is 0 Å². The van der Waals surface area contributed by atoms with Crippen LogP contribution in [0.15, 0.2) is 36.4 Å². The van der Waals surface area contributed by atoms with Gasteiger partial charge in [-0.3, -0.25) is 9.59 Å². The Morgan fingerprint density at radius 2 is 2.00 bits per heavy atom. The first-order chi connectivity index (χ1) is 9.04. The second-order valence-corrected chi connectivity index (χ2v) is 4.43. The van der Waals surface area contributed by atoms with Gasteiger partial charge in [-0.25, -0.2) is 0 Å². The lowest BCUT2D eigenvalue weighted by Crippen LogP contribution is -2.08. The first kappa shape index (κ1) is 14.7. The van der Waals surface area contributed by atoms with Crippen LogP contribution in [0.2, 0.25) is 0 Å². The molecule has 4 heteroatoms. The van der Waals surface area contributed by atoms with E-state index in [-0.39, 0.29) is 24.4 Å². The number of ketones is 2. The van der Waals surface area contributed by atoms with Gasteiger partial charge in [0, 0.05) is 18.4 Å². The molecule has 0 spiro atoms. The lowest BCUT2D eigenvalue weighted by molar-refractivity contribution is -0.116. The number of carbonyl (C=O) groups is 2. The number of nitrogens with zero attached hydrogens (tertiary/aromatic N) is 2. The number of carbonyl (C=O) groups excluding carboxylic acids is 2. The lowest BCUT2D eigenvalue weighted by atomic mass is 9.96. The Labute approximate surface area is 112 Å². The van der Waals surface area contributed by atoms with Crippen molar-refractivity contribution >= 4 is 17.8 Å². The predicted octanol–water partition coefficient (Wildman–Crippen LogP) is 2.64. The molecule has 0 bridgehead atoms. The van der Waals surface area contributed by atoms with Gasteiger partial charge in [-0.2, -0.15) is 4.79 Å². The van der Waals surface area contributed by atoms with Crippen molar-refractivity contribution in [2.75, 3.05) is 0 Å². The molecule has 0 N–H and O–H groups in total. The van der Waals surface area contributed by atoms with E-state index in [1.807, 2.05) is 19.1 Å². The second kappa shape index (κ2) is 7.19. The van der Waals surface area contributed by atoms with E-state index in [0.717, 1.165) is 17.4 Å². The van der Waals surface area contributed by atoms with Crippen LogP contribution in [-0.2, 0) is 11.2 Å². The molecule has 0 aromatic heterocycles. The van der Waals surface area contributed by atoms with E-state index in [1.165, 1.54) is 0 Å². The SMILES string of the molecule is C=C(C)Cc1ccccc1C(=O)CCC(=O)C=[N+]=[N-]. The van der Waals surface area contributed by atoms with Crippen LogP contribution >= 0.6 is 0 Å². The van der Waals surface area contributed by atoms with Gasteiger partial charge in [0.2, 0.25) is 5.78 Å². The fourth-order valence-electron chi connectivity index (χ4n) is 1.77. The highest BCUT2D eigenvalue weighted by molar-refractivity contribution is 6.25. The molecule has 19 heavy (non-hydrogen) atoms. The minimum absolute atomic E-state index is 0.0459. The lowest BCUT2D eigenvalue weighted by Gasteiger charge is -2.07. The van der Waals surface area contributed by atoms with Gasteiger partial charge >= 0.3 is 6.21 Å². The third-order valence-electron chi connectivity index (χ3n) is 2.61. The summed E-state index contributed by atoms with van der Waals surface area (Å²) in [5, 5.41) is 0. The van der Waals surface area contributed by atoms with E-state index in [0.29, 0.717) is 12.0 Å². The number of benzene rings is 1. The molecule has 1 aromatic carbocycles. The molecule has 1 rings (SSSR count). The molecular weight excluding hydrogens is 240 g/mol. The van der Waals surface area contributed by atoms with E-state index in [2.05, 4.69) is 11.4 Å². The highest BCUT2D eigenvalue weighted by atomic mass is 16.1. The molecule has 1 aromatic rings. The van der Waals surface area contributed by atoms with Crippen molar-refractivity contribution in [3.8, 4) is 0 Å².